The van der Waals surface area contributed by atoms with Crippen LogP contribution in [0.15, 0.2) is 29.8 Å². The predicted molar refractivity (Wildman–Crippen MR) is 97.1 cm³/mol. The Bertz CT molecular complexity index is 676. The lowest BCUT2D eigenvalue weighted by Gasteiger charge is -2.23. The number of aromatic nitrogens is 3. The SMILES string of the molecule is CC(C)C(Sc1nccn2ccnc12)C(=O)NC1CCCCCC1. The van der Waals surface area contributed by atoms with Crippen LogP contribution in [0.25, 0.3) is 5.65 Å². The molecule has 1 amide bonds. The van der Waals surface area contributed by atoms with Crippen molar-refractivity contribution in [2.45, 2.75) is 68.7 Å². The van der Waals surface area contributed by atoms with Crippen LogP contribution >= 0.6 is 11.8 Å². The Kier molecular flexibility index (Phi) is 5.76. The Morgan fingerprint density at radius 2 is 1.83 bits per heavy atom. The van der Waals surface area contributed by atoms with E-state index in [1.807, 2.05) is 16.8 Å². The zero-order valence-electron chi connectivity index (χ0n) is 14.4. The van der Waals surface area contributed by atoms with E-state index in [9.17, 15) is 4.79 Å². The molecule has 3 rings (SSSR count). The van der Waals surface area contributed by atoms with Gasteiger partial charge in [0.25, 0.3) is 0 Å². The van der Waals surface area contributed by atoms with E-state index in [1.165, 1.54) is 37.4 Å². The van der Waals surface area contributed by atoms with Crippen molar-refractivity contribution in [2.75, 3.05) is 0 Å². The van der Waals surface area contributed by atoms with Crippen LogP contribution in [0.2, 0.25) is 0 Å². The molecule has 5 nitrogen and oxygen atoms in total. The number of rotatable bonds is 5. The highest BCUT2D eigenvalue weighted by molar-refractivity contribution is 8.00. The maximum Gasteiger partial charge on any atom is 0.234 e. The van der Waals surface area contributed by atoms with Crippen molar-refractivity contribution in [1.29, 1.82) is 0 Å². The van der Waals surface area contributed by atoms with Crippen LogP contribution in [-0.2, 0) is 4.79 Å². The van der Waals surface area contributed by atoms with Crippen molar-refractivity contribution in [3.05, 3.63) is 24.8 Å². The number of hydrogen-bond acceptors (Lipinski definition) is 4. The fourth-order valence-corrected chi connectivity index (χ4v) is 4.31. The summed E-state index contributed by atoms with van der Waals surface area (Å²) < 4.78 is 1.94. The first-order chi connectivity index (χ1) is 11.6. The monoisotopic (exact) mass is 346 g/mol. The molecule has 1 aliphatic carbocycles. The predicted octanol–water partition coefficient (Wildman–Crippen LogP) is 3.69. The lowest BCUT2D eigenvalue weighted by molar-refractivity contribution is -0.122. The highest BCUT2D eigenvalue weighted by Crippen LogP contribution is 2.29. The molecule has 0 saturated heterocycles. The number of imidazole rings is 1. The Labute approximate surface area is 147 Å². The molecule has 1 fully saturated rings. The molecule has 1 aliphatic rings. The smallest absolute Gasteiger partial charge is 0.234 e. The molecule has 130 valence electrons. The molecule has 0 spiro atoms. The van der Waals surface area contributed by atoms with E-state index in [-0.39, 0.29) is 17.1 Å². The Morgan fingerprint density at radius 3 is 2.50 bits per heavy atom. The summed E-state index contributed by atoms with van der Waals surface area (Å²) in [5.41, 5.74) is 0.815. The lowest BCUT2D eigenvalue weighted by Crippen LogP contribution is -2.42. The maximum atomic E-state index is 12.9. The highest BCUT2D eigenvalue weighted by atomic mass is 32.2. The summed E-state index contributed by atoms with van der Waals surface area (Å²) in [5.74, 6) is 0.370. The molecule has 2 heterocycles. The van der Waals surface area contributed by atoms with Crippen LogP contribution in [0, 0.1) is 5.92 Å². The third-order valence-corrected chi connectivity index (χ3v) is 6.11. The van der Waals surface area contributed by atoms with Gasteiger partial charge in [-0.05, 0) is 18.8 Å². The second-order valence-electron chi connectivity index (χ2n) is 6.87. The Morgan fingerprint density at radius 1 is 1.17 bits per heavy atom. The zero-order valence-corrected chi connectivity index (χ0v) is 15.3. The van der Waals surface area contributed by atoms with E-state index in [0.29, 0.717) is 6.04 Å². The van der Waals surface area contributed by atoms with Crippen molar-refractivity contribution < 1.29 is 4.79 Å². The fraction of sp³-hybridized carbons (Fsp3) is 0.611. The van der Waals surface area contributed by atoms with Gasteiger partial charge in [-0.25, -0.2) is 9.97 Å². The van der Waals surface area contributed by atoms with Gasteiger partial charge in [0.1, 0.15) is 5.03 Å². The minimum absolute atomic E-state index is 0.136. The van der Waals surface area contributed by atoms with Gasteiger partial charge in [-0.2, -0.15) is 0 Å². The lowest BCUT2D eigenvalue weighted by atomic mass is 10.1. The topological polar surface area (TPSA) is 59.3 Å². The van der Waals surface area contributed by atoms with Crippen LogP contribution < -0.4 is 5.32 Å². The number of thioether (sulfide) groups is 1. The Hall–Kier alpha value is -1.56. The van der Waals surface area contributed by atoms with Gasteiger partial charge in [-0.3, -0.25) is 4.79 Å². The van der Waals surface area contributed by atoms with Crippen molar-refractivity contribution in [1.82, 2.24) is 19.7 Å². The summed E-state index contributed by atoms with van der Waals surface area (Å²) >= 11 is 1.53. The molecule has 2 aromatic heterocycles. The van der Waals surface area contributed by atoms with Crippen molar-refractivity contribution in [3.8, 4) is 0 Å². The number of carbonyl (C=O) groups excluding carboxylic acids is 1. The summed E-state index contributed by atoms with van der Waals surface area (Å²) in [6, 6.07) is 0.331. The summed E-state index contributed by atoms with van der Waals surface area (Å²) in [6.45, 7) is 4.19. The molecule has 1 atom stereocenters. The average Bonchev–Trinajstić information content (AvgIpc) is 2.90. The first-order valence-electron chi connectivity index (χ1n) is 8.90. The molecule has 0 bridgehead atoms. The number of carbonyl (C=O) groups is 1. The fourth-order valence-electron chi connectivity index (χ4n) is 3.23. The molecule has 1 N–H and O–H groups in total. The maximum absolute atomic E-state index is 12.9. The molecule has 24 heavy (non-hydrogen) atoms. The van der Waals surface area contributed by atoms with Gasteiger partial charge in [-0.1, -0.05) is 51.3 Å². The van der Waals surface area contributed by atoms with Gasteiger partial charge < -0.3 is 9.72 Å². The normalized spacial score (nSPS) is 17.8. The molecular weight excluding hydrogens is 320 g/mol. The van der Waals surface area contributed by atoms with Crippen molar-refractivity contribution in [3.63, 3.8) is 0 Å². The average molecular weight is 347 g/mol. The van der Waals surface area contributed by atoms with Crippen molar-refractivity contribution in [2.24, 2.45) is 5.92 Å². The van der Waals surface area contributed by atoms with Crippen LogP contribution in [-0.4, -0.2) is 31.6 Å². The van der Waals surface area contributed by atoms with Gasteiger partial charge in [0, 0.05) is 30.8 Å². The Balaban J connectivity index is 1.72. The van der Waals surface area contributed by atoms with Crippen LogP contribution in [0.4, 0.5) is 0 Å². The molecule has 6 heteroatoms. The van der Waals surface area contributed by atoms with Gasteiger partial charge in [-0.15, -0.1) is 0 Å². The van der Waals surface area contributed by atoms with Crippen LogP contribution in [0.5, 0.6) is 0 Å². The molecule has 0 aliphatic heterocycles. The van der Waals surface area contributed by atoms with Gasteiger partial charge in [0.15, 0.2) is 5.65 Å². The second kappa shape index (κ2) is 8.01. The van der Waals surface area contributed by atoms with E-state index in [4.69, 9.17) is 0 Å². The number of nitrogens with one attached hydrogen (secondary N) is 1. The molecule has 1 saturated carbocycles. The van der Waals surface area contributed by atoms with Gasteiger partial charge in [0.05, 0.1) is 5.25 Å². The van der Waals surface area contributed by atoms with E-state index < -0.39 is 0 Å². The van der Waals surface area contributed by atoms with E-state index >= 15 is 0 Å². The minimum atomic E-state index is -0.149. The summed E-state index contributed by atoms with van der Waals surface area (Å²) in [6.07, 6.45) is 14.5. The van der Waals surface area contributed by atoms with E-state index in [1.54, 1.807) is 12.4 Å². The standard InChI is InChI=1S/C18H26N4OS/c1-13(2)15(17(23)21-14-7-5-3-4-6-8-14)24-18-16-19-9-11-22(16)12-10-20-18/h9-15H,3-8H2,1-2H3,(H,21,23). The second-order valence-corrected chi connectivity index (χ2v) is 8.00. The summed E-state index contributed by atoms with van der Waals surface area (Å²) in [7, 11) is 0. The third-order valence-electron chi connectivity index (χ3n) is 4.58. The molecular formula is C18H26N4OS. The minimum Gasteiger partial charge on any atom is -0.352 e. The largest absolute Gasteiger partial charge is 0.352 e. The number of nitrogens with zero attached hydrogens (tertiary/aromatic N) is 3. The number of amides is 1. The van der Waals surface area contributed by atoms with Crippen LogP contribution in [0.1, 0.15) is 52.4 Å². The molecule has 0 aromatic carbocycles. The van der Waals surface area contributed by atoms with Gasteiger partial charge in [0.2, 0.25) is 5.91 Å². The first-order valence-corrected chi connectivity index (χ1v) is 9.78. The van der Waals surface area contributed by atoms with Crippen molar-refractivity contribution >= 4 is 23.3 Å². The number of fused-ring (bicyclic) bond motifs is 1. The summed E-state index contributed by atoms with van der Waals surface area (Å²) in [4.78, 5) is 21.7. The number of hydrogen-bond donors (Lipinski definition) is 1. The quantitative estimate of drug-likeness (QED) is 0.663. The first kappa shape index (κ1) is 17.3. The molecule has 0 radical (unpaired) electrons. The molecule has 1 unspecified atom stereocenters. The van der Waals surface area contributed by atoms with Gasteiger partial charge >= 0.3 is 0 Å². The third kappa shape index (κ3) is 4.09. The summed E-state index contributed by atoms with van der Waals surface area (Å²) in [5, 5.41) is 3.96. The molecule has 2 aromatic rings. The highest BCUT2D eigenvalue weighted by Gasteiger charge is 2.27. The zero-order chi connectivity index (χ0) is 16.9. The van der Waals surface area contributed by atoms with Crippen LogP contribution in [0.3, 0.4) is 0 Å². The van der Waals surface area contributed by atoms with E-state index in [2.05, 4.69) is 29.1 Å². The van der Waals surface area contributed by atoms with E-state index in [0.717, 1.165) is 23.5 Å².